The molecule has 4 rings (SSSR count). The highest BCUT2D eigenvalue weighted by molar-refractivity contribution is 6.00. The van der Waals surface area contributed by atoms with Gasteiger partial charge in [0.25, 0.3) is 5.91 Å². The van der Waals surface area contributed by atoms with E-state index in [0.29, 0.717) is 36.7 Å². The summed E-state index contributed by atoms with van der Waals surface area (Å²) in [6.07, 6.45) is 1.98. The molecule has 0 unspecified atom stereocenters. The summed E-state index contributed by atoms with van der Waals surface area (Å²) < 4.78 is 10.6. The van der Waals surface area contributed by atoms with Gasteiger partial charge in [0.1, 0.15) is 0 Å². The van der Waals surface area contributed by atoms with Crippen molar-refractivity contribution in [1.29, 1.82) is 0 Å². The summed E-state index contributed by atoms with van der Waals surface area (Å²) >= 11 is 0. The van der Waals surface area contributed by atoms with Crippen molar-refractivity contribution in [2.45, 2.75) is 19.8 Å². The van der Waals surface area contributed by atoms with Gasteiger partial charge in [-0.2, -0.15) is 0 Å². The Labute approximate surface area is 164 Å². The molecule has 146 valence electrons. The number of unbranched alkanes of at least 4 members (excludes halogenated alkanes) is 1. The Balaban J connectivity index is 1.40. The highest BCUT2D eigenvalue weighted by Crippen LogP contribution is 2.33. The zero-order chi connectivity index (χ0) is 19.5. The van der Waals surface area contributed by atoms with Gasteiger partial charge in [-0.1, -0.05) is 31.5 Å². The van der Waals surface area contributed by atoms with Gasteiger partial charge in [0.15, 0.2) is 11.5 Å². The number of amides is 2. The molecular formula is C22H24N2O4. The zero-order valence-electron chi connectivity index (χ0n) is 16.0. The fourth-order valence-corrected chi connectivity index (χ4v) is 3.52. The number of carbonyl (C=O) groups is 2. The second-order valence-electron chi connectivity index (χ2n) is 7.15. The van der Waals surface area contributed by atoms with Crippen molar-refractivity contribution in [3.63, 3.8) is 0 Å². The van der Waals surface area contributed by atoms with E-state index in [4.69, 9.17) is 9.47 Å². The van der Waals surface area contributed by atoms with E-state index in [0.717, 1.165) is 18.5 Å². The molecule has 0 atom stereocenters. The number of benzene rings is 2. The maximum absolute atomic E-state index is 13.0. The molecule has 0 aliphatic carbocycles. The Morgan fingerprint density at radius 2 is 1.82 bits per heavy atom. The maximum atomic E-state index is 13.0. The number of ether oxygens (including phenoxy) is 2. The Morgan fingerprint density at radius 3 is 2.57 bits per heavy atom. The molecule has 0 N–H and O–H groups in total. The minimum atomic E-state index is -0.157. The molecule has 1 saturated heterocycles. The Bertz CT molecular complexity index is 862. The second kappa shape index (κ2) is 7.92. The number of nitrogens with zero attached hydrogens (tertiary/aromatic N) is 2. The largest absolute Gasteiger partial charge is 0.454 e. The molecule has 2 aromatic rings. The number of hydrogen-bond acceptors (Lipinski definition) is 4. The van der Waals surface area contributed by atoms with Crippen LogP contribution < -0.4 is 14.4 Å². The van der Waals surface area contributed by atoms with Gasteiger partial charge in [0, 0.05) is 30.9 Å². The van der Waals surface area contributed by atoms with E-state index in [-0.39, 0.29) is 24.5 Å². The summed E-state index contributed by atoms with van der Waals surface area (Å²) in [5.74, 6) is 1.10. The molecule has 1 fully saturated rings. The van der Waals surface area contributed by atoms with Crippen LogP contribution in [0.3, 0.4) is 0 Å². The lowest BCUT2D eigenvalue weighted by molar-refractivity contribution is -0.126. The Morgan fingerprint density at radius 1 is 1.07 bits per heavy atom. The smallest absolute Gasteiger partial charge is 0.254 e. The van der Waals surface area contributed by atoms with Crippen molar-refractivity contribution in [2.24, 2.45) is 5.92 Å². The summed E-state index contributed by atoms with van der Waals surface area (Å²) in [7, 11) is 0. The minimum Gasteiger partial charge on any atom is -0.454 e. The molecule has 2 heterocycles. The van der Waals surface area contributed by atoms with Crippen LogP contribution in [0.5, 0.6) is 11.5 Å². The lowest BCUT2D eigenvalue weighted by Gasteiger charge is -2.40. The van der Waals surface area contributed by atoms with Crippen LogP contribution in [0.25, 0.3) is 0 Å². The van der Waals surface area contributed by atoms with Crippen molar-refractivity contribution in [3.8, 4) is 11.5 Å². The quantitative estimate of drug-likeness (QED) is 0.771. The lowest BCUT2D eigenvalue weighted by Crippen LogP contribution is -2.56. The van der Waals surface area contributed by atoms with Crippen LogP contribution >= 0.6 is 0 Å². The first-order valence-corrected chi connectivity index (χ1v) is 9.72. The molecule has 0 bridgehead atoms. The van der Waals surface area contributed by atoms with Crippen LogP contribution in [0.4, 0.5) is 5.69 Å². The van der Waals surface area contributed by atoms with Gasteiger partial charge in [0.05, 0.1) is 5.92 Å². The van der Waals surface area contributed by atoms with Crippen molar-refractivity contribution >= 4 is 17.5 Å². The molecule has 6 heteroatoms. The number of carbonyl (C=O) groups excluding carboxylic acids is 2. The molecule has 2 aliphatic heterocycles. The highest BCUT2D eigenvalue weighted by atomic mass is 16.7. The average Bonchev–Trinajstić information content (AvgIpc) is 3.15. The monoisotopic (exact) mass is 380 g/mol. The van der Waals surface area contributed by atoms with Crippen LogP contribution in [-0.4, -0.2) is 43.1 Å². The van der Waals surface area contributed by atoms with Crippen LogP contribution in [0.1, 0.15) is 30.1 Å². The third kappa shape index (κ3) is 3.54. The normalized spacial score (nSPS) is 15.2. The van der Waals surface area contributed by atoms with E-state index < -0.39 is 0 Å². The molecule has 2 aliphatic rings. The van der Waals surface area contributed by atoms with Crippen LogP contribution in [0.15, 0.2) is 48.5 Å². The van der Waals surface area contributed by atoms with Crippen molar-refractivity contribution in [3.05, 3.63) is 54.1 Å². The SMILES string of the molecule is CCCCN(C(=O)C1CN(C(=O)c2ccc3c(c2)OCO3)C1)c1ccccc1. The maximum Gasteiger partial charge on any atom is 0.254 e. The van der Waals surface area contributed by atoms with Gasteiger partial charge >= 0.3 is 0 Å². The van der Waals surface area contributed by atoms with Crippen molar-refractivity contribution in [1.82, 2.24) is 4.90 Å². The molecule has 2 aromatic carbocycles. The summed E-state index contributed by atoms with van der Waals surface area (Å²) in [6.45, 7) is 3.89. The average molecular weight is 380 g/mol. The molecular weight excluding hydrogens is 356 g/mol. The standard InChI is InChI=1S/C22H24N2O4/c1-2-3-11-24(18-7-5-4-6-8-18)22(26)17-13-23(14-17)21(25)16-9-10-19-20(12-16)28-15-27-19/h4-10,12,17H,2-3,11,13-15H2,1H3. The molecule has 0 spiro atoms. The Hall–Kier alpha value is -3.02. The molecule has 0 radical (unpaired) electrons. The molecule has 0 aromatic heterocycles. The molecule has 0 saturated carbocycles. The van der Waals surface area contributed by atoms with Crippen molar-refractivity contribution in [2.75, 3.05) is 31.3 Å². The van der Waals surface area contributed by atoms with Crippen molar-refractivity contribution < 1.29 is 19.1 Å². The first-order valence-electron chi connectivity index (χ1n) is 9.72. The first kappa shape index (κ1) is 18.3. The number of anilines is 1. The third-order valence-electron chi connectivity index (χ3n) is 5.21. The van der Waals surface area contributed by atoms with Gasteiger partial charge in [-0.15, -0.1) is 0 Å². The van der Waals surface area contributed by atoms with E-state index in [1.54, 1.807) is 23.1 Å². The fraction of sp³-hybridized carbons (Fsp3) is 0.364. The number of likely N-dealkylation sites (tertiary alicyclic amines) is 1. The summed E-state index contributed by atoms with van der Waals surface area (Å²) in [5.41, 5.74) is 1.47. The zero-order valence-corrected chi connectivity index (χ0v) is 16.0. The highest BCUT2D eigenvalue weighted by Gasteiger charge is 2.38. The number of hydrogen-bond donors (Lipinski definition) is 0. The minimum absolute atomic E-state index is 0.0813. The van der Waals surface area contributed by atoms with Crippen LogP contribution in [-0.2, 0) is 4.79 Å². The van der Waals surface area contributed by atoms with E-state index in [9.17, 15) is 9.59 Å². The van der Waals surface area contributed by atoms with Gasteiger partial charge in [-0.05, 0) is 36.8 Å². The third-order valence-corrected chi connectivity index (χ3v) is 5.21. The number of para-hydroxylation sites is 1. The number of fused-ring (bicyclic) bond motifs is 1. The lowest BCUT2D eigenvalue weighted by atomic mass is 9.96. The van der Waals surface area contributed by atoms with Crippen LogP contribution in [0.2, 0.25) is 0 Å². The summed E-state index contributed by atoms with van der Waals surface area (Å²) in [5, 5.41) is 0. The van der Waals surface area contributed by atoms with E-state index in [2.05, 4.69) is 6.92 Å². The number of rotatable bonds is 6. The van der Waals surface area contributed by atoms with Gasteiger partial charge in [-0.3, -0.25) is 9.59 Å². The first-order chi connectivity index (χ1) is 13.7. The predicted octanol–water partition coefficient (Wildman–Crippen LogP) is 3.32. The fourth-order valence-electron chi connectivity index (χ4n) is 3.52. The second-order valence-corrected chi connectivity index (χ2v) is 7.15. The summed E-state index contributed by atoms with van der Waals surface area (Å²) in [4.78, 5) is 29.3. The molecule has 6 nitrogen and oxygen atoms in total. The van der Waals surface area contributed by atoms with Gasteiger partial charge < -0.3 is 19.3 Å². The summed E-state index contributed by atoms with van der Waals surface area (Å²) in [6, 6.07) is 14.9. The van der Waals surface area contributed by atoms with Gasteiger partial charge in [0.2, 0.25) is 12.7 Å². The molecule has 28 heavy (non-hydrogen) atoms. The predicted molar refractivity (Wildman–Crippen MR) is 106 cm³/mol. The van der Waals surface area contributed by atoms with Crippen LogP contribution in [0, 0.1) is 5.92 Å². The van der Waals surface area contributed by atoms with Gasteiger partial charge in [-0.25, -0.2) is 0 Å². The van der Waals surface area contributed by atoms with E-state index in [1.165, 1.54) is 0 Å². The molecule has 2 amide bonds. The van der Waals surface area contributed by atoms with E-state index >= 15 is 0 Å². The van der Waals surface area contributed by atoms with E-state index in [1.807, 2.05) is 35.2 Å². The topological polar surface area (TPSA) is 59.1 Å². The Kier molecular flexibility index (Phi) is 5.19.